The Kier molecular flexibility index (Phi) is 2.49. The number of carbonyl (C=O) groups is 1. The normalized spacial score (nSPS) is 10.2. The first-order chi connectivity index (χ1) is 7.29. The number of carbonyl (C=O) groups excluding carboxylic acids is 1. The lowest BCUT2D eigenvalue weighted by Gasteiger charge is -1.95. The Labute approximate surface area is 85.5 Å². The van der Waals surface area contributed by atoms with Gasteiger partial charge in [0.25, 0.3) is 5.82 Å². The molecule has 0 fully saturated rings. The fourth-order valence-corrected chi connectivity index (χ4v) is 1.13. The average molecular weight is 207 g/mol. The van der Waals surface area contributed by atoms with Crippen LogP contribution in [-0.4, -0.2) is 27.8 Å². The van der Waals surface area contributed by atoms with Gasteiger partial charge in [0.05, 0.1) is 26.2 Å². The summed E-state index contributed by atoms with van der Waals surface area (Å²) >= 11 is 0. The molecule has 0 aliphatic rings. The van der Waals surface area contributed by atoms with Crippen LogP contribution in [0.15, 0.2) is 29.3 Å². The summed E-state index contributed by atoms with van der Waals surface area (Å²) in [6, 6.07) is 1.82. The van der Waals surface area contributed by atoms with Crippen LogP contribution >= 0.6 is 0 Å². The van der Waals surface area contributed by atoms with Crippen LogP contribution in [0.5, 0.6) is 0 Å². The van der Waals surface area contributed by atoms with Crippen molar-refractivity contribution >= 4 is 5.97 Å². The lowest BCUT2D eigenvalue weighted by Crippen LogP contribution is -2.06. The molecular formula is C9H9N3O3. The van der Waals surface area contributed by atoms with Gasteiger partial charge in [-0.05, 0) is 6.07 Å². The molecule has 2 heterocycles. The maximum absolute atomic E-state index is 11.1. The summed E-state index contributed by atoms with van der Waals surface area (Å²) in [5, 5.41) is 3.95. The van der Waals surface area contributed by atoms with Gasteiger partial charge in [0.2, 0.25) is 0 Å². The molecule has 78 valence electrons. The smallest absolute Gasteiger partial charge is 0.377 e. The highest BCUT2D eigenvalue weighted by atomic mass is 16.5. The topological polar surface area (TPSA) is 70.2 Å². The fraction of sp³-hybridized carbons (Fsp3) is 0.222. The van der Waals surface area contributed by atoms with Gasteiger partial charge in [-0.1, -0.05) is 0 Å². The molecule has 2 rings (SSSR count). The molecule has 0 aliphatic heterocycles. The summed E-state index contributed by atoms with van der Waals surface area (Å²) in [5.74, 6) is -0.484. The molecular weight excluding hydrogens is 198 g/mol. The fourth-order valence-electron chi connectivity index (χ4n) is 1.13. The van der Waals surface area contributed by atoms with Crippen molar-refractivity contribution < 1.29 is 13.9 Å². The largest absolute Gasteiger partial charge is 0.472 e. The van der Waals surface area contributed by atoms with E-state index < -0.39 is 5.97 Å². The van der Waals surface area contributed by atoms with Crippen LogP contribution in [0.2, 0.25) is 0 Å². The Bertz CT molecular complexity index is 447. The molecule has 0 N–H and O–H groups in total. The zero-order valence-corrected chi connectivity index (χ0v) is 8.08. The van der Waals surface area contributed by atoms with Crippen molar-refractivity contribution in [2.75, 3.05) is 7.11 Å². The predicted molar refractivity (Wildman–Crippen MR) is 49.2 cm³/mol. The number of furan rings is 1. The molecule has 6 heteroatoms. The molecule has 0 aromatic carbocycles. The Balaban J connectivity index is 2.11. The van der Waals surface area contributed by atoms with Crippen molar-refractivity contribution in [3.63, 3.8) is 0 Å². The summed E-state index contributed by atoms with van der Waals surface area (Å²) in [5.41, 5.74) is 0.955. The van der Waals surface area contributed by atoms with Crippen LogP contribution in [0.1, 0.15) is 16.2 Å². The number of aromatic nitrogens is 3. The quantitative estimate of drug-likeness (QED) is 0.693. The number of rotatable bonds is 3. The number of hydrogen-bond donors (Lipinski definition) is 0. The van der Waals surface area contributed by atoms with Gasteiger partial charge in [0.1, 0.15) is 6.33 Å². The third kappa shape index (κ3) is 2.04. The van der Waals surface area contributed by atoms with E-state index in [1.54, 1.807) is 12.5 Å². The molecule has 0 radical (unpaired) electrons. The lowest BCUT2D eigenvalue weighted by molar-refractivity contribution is 0.0586. The lowest BCUT2D eigenvalue weighted by atomic mass is 10.3. The van der Waals surface area contributed by atoms with Gasteiger partial charge in [-0.2, -0.15) is 0 Å². The zero-order valence-electron chi connectivity index (χ0n) is 8.08. The second-order valence-corrected chi connectivity index (χ2v) is 2.89. The molecule has 0 bridgehead atoms. The maximum Gasteiger partial charge on any atom is 0.377 e. The standard InChI is InChI=1S/C9H9N3O3/c1-14-9(13)8-10-6-12(11-8)4-7-2-3-15-5-7/h2-3,5-6H,4H2,1H3. The Hall–Kier alpha value is -2.11. The van der Waals surface area contributed by atoms with E-state index >= 15 is 0 Å². The van der Waals surface area contributed by atoms with E-state index in [2.05, 4.69) is 14.8 Å². The molecule has 6 nitrogen and oxygen atoms in total. The summed E-state index contributed by atoms with van der Waals surface area (Å²) < 4.78 is 10.9. The van der Waals surface area contributed by atoms with Gasteiger partial charge >= 0.3 is 5.97 Å². The highest BCUT2D eigenvalue weighted by Gasteiger charge is 2.11. The highest BCUT2D eigenvalue weighted by molar-refractivity contribution is 5.84. The molecule has 0 amide bonds. The number of hydrogen-bond acceptors (Lipinski definition) is 5. The van der Waals surface area contributed by atoms with Crippen molar-refractivity contribution in [2.45, 2.75) is 6.54 Å². The zero-order chi connectivity index (χ0) is 10.7. The Morgan fingerprint density at radius 1 is 1.67 bits per heavy atom. The van der Waals surface area contributed by atoms with E-state index in [-0.39, 0.29) is 5.82 Å². The number of methoxy groups -OCH3 is 1. The number of nitrogens with zero attached hydrogens (tertiary/aromatic N) is 3. The third-order valence-electron chi connectivity index (χ3n) is 1.83. The summed E-state index contributed by atoms with van der Waals surface area (Å²) in [4.78, 5) is 14.9. The van der Waals surface area contributed by atoms with Gasteiger partial charge < -0.3 is 9.15 Å². The summed E-state index contributed by atoms with van der Waals surface area (Å²) in [7, 11) is 1.29. The summed E-state index contributed by atoms with van der Waals surface area (Å²) in [6.45, 7) is 0.514. The van der Waals surface area contributed by atoms with Gasteiger partial charge in [-0.15, -0.1) is 5.10 Å². The van der Waals surface area contributed by atoms with Crippen molar-refractivity contribution in [2.24, 2.45) is 0 Å². The van der Waals surface area contributed by atoms with Crippen molar-refractivity contribution in [1.82, 2.24) is 14.8 Å². The Morgan fingerprint density at radius 2 is 2.53 bits per heavy atom. The van der Waals surface area contributed by atoms with E-state index in [1.807, 2.05) is 6.07 Å². The van der Waals surface area contributed by atoms with E-state index in [0.29, 0.717) is 6.54 Å². The molecule has 0 aliphatic carbocycles. The maximum atomic E-state index is 11.1. The average Bonchev–Trinajstić information content (AvgIpc) is 2.88. The van der Waals surface area contributed by atoms with Gasteiger partial charge in [-0.25, -0.2) is 14.5 Å². The minimum absolute atomic E-state index is 0.0565. The SMILES string of the molecule is COC(=O)c1ncn(Cc2ccoc2)n1. The Morgan fingerprint density at radius 3 is 3.20 bits per heavy atom. The van der Waals surface area contributed by atoms with Crippen molar-refractivity contribution in [3.05, 3.63) is 36.3 Å². The van der Waals surface area contributed by atoms with Crippen molar-refractivity contribution in [3.8, 4) is 0 Å². The van der Waals surface area contributed by atoms with E-state index in [9.17, 15) is 4.79 Å². The molecule has 0 saturated heterocycles. The molecule has 0 saturated carbocycles. The van der Waals surface area contributed by atoms with Crippen LogP contribution in [0.4, 0.5) is 0 Å². The molecule has 15 heavy (non-hydrogen) atoms. The molecule has 0 atom stereocenters. The summed E-state index contributed by atoms with van der Waals surface area (Å²) in [6.07, 6.45) is 4.66. The second kappa shape index (κ2) is 3.95. The first-order valence-corrected chi connectivity index (χ1v) is 4.28. The molecule has 2 aromatic rings. The molecule has 0 spiro atoms. The minimum atomic E-state index is -0.541. The number of ether oxygens (including phenoxy) is 1. The van der Waals surface area contributed by atoms with Crippen LogP contribution in [0.25, 0.3) is 0 Å². The second-order valence-electron chi connectivity index (χ2n) is 2.89. The monoisotopic (exact) mass is 207 g/mol. The van der Waals surface area contributed by atoms with Gasteiger partial charge in [0.15, 0.2) is 0 Å². The molecule has 0 unspecified atom stereocenters. The van der Waals surface area contributed by atoms with Gasteiger partial charge in [0, 0.05) is 5.56 Å². The van der Waals surface area contributed by atoms with Gasteiger partial charge in [-0.3, -0.25) is 0 Å². The van der Waals surface area contributed by atoms with E-state index in [1.165, 1.54) is 18.1 Å². The van der Waals surface area contributed by atoms with Crippen LogP contribution in [-0.2, 0) is 11.3 Å². The predicted octanol–water partition coefficient (Wildman–Crippen LogP) is 0.706. The van der Waals surface area contributed by atoms with Crippen LogP contribution < -0.4 is 0 Å². The third-order valence-corrected chi connectivity index (χ3v) is 1.83. The highest BCUT2D eigenvalue weighted by Crippen LogP contribution is 2.02. The first kappa shape index (κ1) is 9.45. The number of esters is 1. The minimum Gasteiger partial charge on any atom is -0.472 e. The van der Waals surface area contributed by atoms with Crippen LogP contribution in [0, 0.1) is 0 Å². The van der Waals surface area contributed by atoms with Crippen LogP contribution in [0.3, 0.4) is 0 Å². The van der Waals surface area contributed by atoms with Crippen molar-refractivity contribution in [1.29, 1.82) is 0 Å². The van der Waals surface area contributed by atoms with E-state index in [0.717, 1.165) is 5.56 Å². The van der Waals surface area contributed by atoms with E-state index in [4.69, 9.17) is 4.42 Å². The molecule has 2 aromatic heterocycles. The first-order valence-electron chi connectivity index (χ1n) is 4.28.